The number of hydrogen-bond acceptors (Lipinski definition) is 4. The van der Waals surface area contributed by atoms with Crippen molar-refractivity contribution in [2.24, 2.45) is 17.8 Å². The van der Waals surface area contributed by atoms with Crippen molar-refractivity contribution in [1.29, 1.82) is 0 Å². The molecule has 2 fully saturated rings. The molecule has 0 aromatic heterocycles. The molecule has 1 aliphatic carbocycles. The fourth-order valence-electron chi connectivity index (χ4n) is 2.82. The highest BCUT2D eigenvalue weighted by molar-refractivity contribution is 5.77. The number of ether oxygens (including phenoxy) is 2. The first-order chi connectivity index (χ1) is 7.78. The van der Waals surface area contributed by atoms with Crippen molar-refractivity contribution in [3.63, 3.8) is 0 Å². The normalized spacial score (nSPS) is 36.6. The van der Waals surface area contributed by atoms with Crippen molar-refractivity contribution in [3.05, 3.63) is 0 Å². The van der Waals surface area contributed by atoms with Crippen LogP contribution in [0.3, 0.4) is 0 Å². The zero-order chi connectivity index (χ0) is 12.8. The third-order valence-corrected chi connectivity index (χ3v) is 3.66. The van der Waals surface area contributed by atoms with Crippen LogP contribution in [0.5, 0.6) is 0 Å². The first-order valence-electron chi connectivity index (χ1n) is 6.20. The Morgan fingerprint density at radius 1 is 1.41 bits per heavy atom. The van der Waals surface area contributed by atoms with Gasteiger partial charge in [-0.25, -0.2) is 0 Å². The highest BCUT2D eigenvalue weighted by atomic mass is 16.6. The van der Waals surface area contributed by atoms with Crippen LogP contribution in [0.15, 0.2) is 0 Å². The van der Waals surface area contributed by atoms with Crippen LogP contribution in [0.4, 0.5) is 0 Å². The van der Waals surface area contributed by atoms with E-state index in [2.05, 4.69) is 0 Å². The number of esters is 2. The number of carbonyl (C=O) groups is 2. The molecular formula is C13H20O4. The predicted octanol–water partition coefficient (Wildman–Crippen LogP) is 1.92. The summed E-state index contributed by atoms with van der Waals surface area (Å²) < 4.78 is 10.7. The summed E-state index contributed by atoms with van der Waals surface area (Å²) in [5.41, 5.74) is -0.470. The topological polar surface area (TPSA) is 52.6 Å². The van der Waals surface area contributed by atoms with E-state index in [1.165, 1.54) is 0 Å². The van der Waals surface area contributed by atoms with E-state index in [1.54, 1.807) is 0 Å². The quantitative estimate of drug-likeness (QED) is 0.657. The first kappa shape index (κ1) is 12.4. The van der Waals surface area contributed by atoms with Gasteiger partial charge < -0.3 is 9.47 Å². The maximum atomic E-state index is 12.1. The second-order valence-electron chi connectivity index (χ2n) is 6.13. The van der Waals surface area contributed by atoms with Gasteiger partial charge >= 0.3 is 11.9 Å². The van der Waals surface area contributed by atoms with Crippen LogP contribution in [-0.4, -0.2) is 23.6 Å². The average Bonchev–Trinajstić information content (AvgIpc) is 2.38. The van der Waals surface area contributed by atoms with E-state index in [9.17, 15) is 9.59 Å². The van der Waals surface area contributed by atoms with Gasteiger partial charge in [-0.05, 0) is 39.0 Å². The van der Waals surface area contributed by atoms with Crippen molar-refractivity contribution >= 4 is 11.9 Å². The lowest BCUT2D eigenvalue weighted by atomic mass is 9.86. The van der Waals surface area contributed by atoms with Gasteiger partial charge in [-0.1, -0.05) is 6.92 Å². The minimum Gasteiger partial charge on any atom is -0.462 e. The van der Waals surface area contributed by atoms with Crippen LogP contribution in [0.25, 0.3) is 0 Å². The minimum absolute atomic E-state index is 0.0936. The molecular weight excluding hydrogens is 220 g/mol. The highest BCUT2D eigenvalue weighted by Crippen LogP contribution is 2.45. The molecule has 0 aromatic carbocycles. The molecule has 0 N–H and O–H groups in total. The van der Waals surface area contributed by atoms with Crippen molar-refractivity contribution in [2.45, 2.75) is 52.2 Å². The van der Waals surface area contributed by atoms with Gasteiger partial charge in [0.05, 0.1) is 5.92 Å². The second-order valence-corrected chi connectivity index (χ2v) is 6.13. The third kappa shape index (κ3) is 2.45. The van der Waals surface area contributed by atoms with Gasteiger partial charge in [0.15, 0.2) is 0 Å². The summed E-state index contributed by atoms with van der Waals surface area (Å²) in [4.78, 5) is 23.4. The summed E-state index contributed by atoms with van der Waals surface area (Å²) in [7, 11) is 0. The third-order valence-electron chi connectivity index (χ3n) is 3.66. The van der Waals surface area contributed by atoms with E-state index in [0.717, 1.165) is 0 Å². The Hall–Kier alpha value is -1.06. The highest BCUT2D eigenvalue weighted by Gasteiger charge is 2.51. The van der Waals surface area contributed by atoms with Gasteiger partial charge in [0.25, 0.3) is 0 Å². The molecule has 4 heteroatoms. The molecule has 3 unspecified atom stereocenters. The minimum atomic E-state index is -0.470. The Morgan fingerprint density at radius 3 is 2.65 bits per heavy atom. The number of fused-ring (bicyclic) bond motifs is 2. The smallest absolute Gasteiger partial charge is 0.309 e. The maximum Gasteiger partial charge on any atom is 0.309 e. The van der Waals surface area contributed by atoms with E-state index in [0.29, 0.717) is 12.8 Å². The molecule has 0 amide bonds. The molecule has 4 atom stereocenters. The molecule has 1 aliphatic heterocycles. The molecule has 0 aromatic rings. The van der Waals surface area contributed by atoms with Crippen molar-refractivity contribution in [1.82, 2.24) is 0 Å². The van der Waals surface area contributed by atoms with Crippen LogP contribution in [0.2, 0.25) is 0 Å². The number of rotatable bonds is 1. The molecule has 1 saturated heterocycles. The first-order valence-corrected chi connectivity index (χ1v) is 6.20. The zero-order valence-corrected chi connectivity index (χ0v) is 10.9. The van der Waals surface area contributed by atoms with Gasteiger partial charge in [-0.3, -0.25) is 9.59 Å². The molecule has 0 spiro atoms. The Bertz CT molecular complexity index is 342. The van der Waals surface area contributed by atoms with Crippen LogP contribution in [0.1, 0.15) is 40.5 Å². The van der Waals surface area contributed by atoms with Crippen LogP contribution in [0, 0.1) is 17.8 Å². The Kier molecular flexibility index (Phi) is 2.92. The SMILES string of the molecule is C[C@H]1C2CC(C(=O)OC(C)(C)C)C1CC(=O)O2. The molecule has 4 nitrogen and oxygen atoms in total. The summed E-state index contributed by atoms with van der Waals surface area (Å²) in [6.07, 6.45) is 0.868. The fraction of sp³-hybridized carbons (Fsp3) is 0.846. The maximum absolute atomic E-state index is 12.1. The van der Waals surface area contributed by atoms with E-state index < -0.39 is 5.60 Å². The van der Waals surface area contributed by atoms with Gasteiger partial charge in [-0.15, -0.1) is 0 Å². The Morgan fingerprint density at radius 2 is 2.06 bits per heavy atom. The van der Waals surface area contributed by atoms with E-state index in [1.807, 2.05) is 27.7 Å². The molecule has 2 aliphatic rings. The van der Waals surface area contributed by atoms with Crippen LogP contribution < -0.4 is 0 Å². The van der Waals surface area contributed by atoms with Gasteiger partial charge in [0.2, 0.25) is 0 Å². The molecule has 1 saturated carbocycles. The summed E-state index contributed by atoms with van der Waals surface area (Å²) in [6.45, 7) is 7.62. The Balaban J connectivity index is 2.08. The number of hydrogen-bond donors (Lipinski definition) is 0. The summed E-state index contributed by atoms with van der Waals surface area (Å²) in [5, 5.41) is 0. The van der Waals surface area contributed by atoms with Crippen LogP contribution in [-0.2, 0) is 19.1 Å². The van der Waals surface area contributed by atoms with Crippen molar-refractivity contribution < 1.29 is 19.1 Å². The molecule has 96 valence electrons. The van der Waals surface area contributed by atoms with Gasteiger partial charge in [-0.2, -0.15) is 0 Å². The molecule has 17 heavy (non-hydrogen) atoms. The number of carbonyl (C=O) groups excluding carboxylic acids is 2. The summed E-state index contributed by atoms with van der Waals surface area (Å²) in [6, 6.07) is 0. The van der Waals surface area contributed by atoms with E-state index >= 15 is 0 Å². The lowest BCUT2D eigenvalue weighted by molar-refractivity contribution is -0.162. The van der Waals surface area contributed by atoms with Crippen LogP contribution >= 0.6 is 0 Å². The van der Waals surface area contributed by atoms with Gasteiger partial charge in [0, 0.05) is 6.42 Å². The predicted molar refractivity (Wildman–Crippen MR) is 61.1 cm³/mol. The van der Waals surface area contributed by atoms with Crippen molar-refractivity contribution in [3.8, 4) is 0 Å². The van der Waals surface area contributed by atoms with Gasteiger partial charge in [0.1, 0.15) is 11.7 Å². The summed E-state index contributed by atoms with van der Waals surface area (Å²) in [5.74, 6) is -0.179. The Labute approximate surface area is 102 Å². The molecule has 0 radical (unpaired) electrons. The standard InChI is InChI=1S/C13H20O4/c1-7-8-6-11(14)16-10(7)5-9(8)12(15)17-13(2,3)4/h7-10H,5-6H2,1-4H3/t7-,8?,9?,10?/m1/s1. The lowest BCUT2D eigenvalue weighted by Crippen LogP contribution is -2.34. The second kappa shape index (κ2) is 4.00. The molecule has 2 rings (SSSR count). The fourth-order valence-corrected chi connectivity index (χ4v) is 2.82. The molecule has 2 bridgehead atoms. The average molecular weight is 240 g/mol. The summed E-state index contributed by atoms with van der Waals surface area (Å²) >= 11 is 0. The zero-order valence-electron chi connectivity index (χ0n) is 10.9. The largest absolute Gasteiger partial charge is 0.462 e. The monoisotopic (exact) mass is 240 g/mol. The van der Waals surface area contributed by atoms with E-state index in [-0.39, 0.29) is 35.8 Å². The van der Waals surface area contributed by atoms with Crippen molar-refractivity contribution in [2.75, 3.05) is 0 Å². The lowest BCUT2D eigenvalue weighted by Gasteiger charge is -2.28. The van der Waals surface area contributed by atoms with E-state index in [4.69, 9.17) is 9.47 Å². The molecule has 1 heterocycles.